The van der Waals surface area contributed by atoms with Gasteiger partial charge in [0.1, 0.15) is 0 Å². The summed E-state index contributed by atoms with van der Waals surface area (Å²) in [6.45, 7) is 8.24. The molecule has 7 nitrogen and oxygen atoms in total. The summed E-state index contributed by atoms with van der Waals surface area (Å²) in [4.78, 5) is 15.0. The molecule has 7 heteroatoms. The van der Waals surface area contributed by atoms with Crippen LogP contribution in [-0.2, 0) is 0 Å². The van der Waals surface area contributed by atoms with E-state index in [9.17, 15) is 4.79 Å². The van der Waals surface area contributed by atoms with Gasteiger partial charge in [0.2, 0.25) is 0 Å². The Hall–Kier alpha value is -2.28. The molecule has 1 aliphatic rings. The van der Waals surface area contributed by atoms with Gasteiger partial charge in [-0.25, -0.2) is 0 Å². The molecule has 1 aromatic heterocycles. The van der Waals surface area contributed by atoms with Crippen LogP contribution in [0.3, 0.4) is 0 Å². The summed E-state index contributed by atoms with van der Waals surface area (Å²) in [6.07, 6.45) is 2.15. The quantitative estimate of drug-likeness (QED) is 0.922. The van der Waals surface area contributed by atoms with E-state index < -0.39 is 0 Å². The number of tetrazole rings is 1. The lowest BCUT2D eigenvalue weighted by molar-refractivity contribution is 0.0886. The van der Waals surface area contributed by atoms with Gasteiger partial charge in [0.15, 0.2) is 5.82 Å². The maximum Gasteiger partial charge on any atom is 0.251 e. The number of amides is 1. The third-order valence-electron chi connectivity index (χ3n) is 4.50. The van der Waals surface area contributed by atoms with Crippen molar-refractivity contribution in [2.75, 3.05) is 13.1 Å². The third kappa shape index (κ3) is 3.62. The molecular formula is C17H24N6O. The van der Waals surface area contributed by atoms with E-state index in [-0.39, 0.29) is 11.9 Å². The fraction of sp³-hybridized carbons (Fsp3) is 0.529. The average molecular weight is 328 g/mol. The van der Waals surface area contributed by atoms with Gasteiger partial charge in [-0.1, -0.05) is 6.07 Å². The van der Waals surface area contributed by atoms with Crippen LogP contribution in [0, 0.1) is 6.92 Å². The minimum atomic E-state index is -0.0433. The molecule has 1 aromatic carbocycles. The number of nitrogens with zero attached hydrogens (tertiary/aromatic N) is 5. The minimum Gasteiger partial charge on any atom is -0.348 e. The predicted molar refractivity (Wildman–Crippen MR) is 91.1 cm³/mol. The van der Waals surface area contributed by atoms with Gasteiger partial charge in [-0.05, 0) is 68.8 Å². The van der Waals surface area contributed by atoms with Crippen molar-refractivity contribution in [3.05, 3.63) is 35.7 Å². The Bertz CT molecular complexity index is 711. The maximum atomic E-state index is 12.6. The van der Waals surface area contributed by atoms with E-state index >= 15 is 0 Å². The number of hydrogen-bond acceptors (Lipinski definition) is 5. The Morgan fingerprint density at radius 3 is 2.92 bits per heavy atom. The van der Waals surface area contributed by atoms with Gasteiger partial charge in [-0.3, -0.25) is 9.69 Å². The Kier molecular flexibility index (Phi) is 4.89. The van der Waals surface area contributed by atoms with Crippen molar-refractivity contribution >= 4 is 5.91 Å². The second-order valence-corrected chi connectivity index (χ2v) is 6.59. The van der Waals surface area contributed by atoms with Crippen molar-refractivity contribution in [3.8, 4) is 5.69 Å². The largest absolute Gasteiger partial charge is 0.348 e. The molecule has 128 valence electrons. The standard InChI is InChI=1S/C17H24N6O/c1-12(2)22-9-5-7-15(11-22)18-17(24)14-6-4-8-16(10-14)23-13(3)19-20-21-23/h4,6,8,10,12,15H,5,7,9,11H2,1-3H3,(H,18,24)/t15-/m1/s1. The molecule has 0 saturated carbocycles. The topological polar surface area (TPSA) is 75.9 Å². The van der Waals surface area contributed by atoms with Crippen LogP contribution in [-0.4, -0.2) is 56.2 Å². The third-order valence-corrected chi connectivity index (χ3v) is 4.50. The summed E-state index contributed by atoms with van der Waals surface area (Å²) in [7, 11) is 0. The van der Waals surface area contributed by atoms with E-state index in [0.29, 0.717) is 17.4 Å². The van der Waals surface area contributed by atoms with E-state index in [1.807, 2.05) is 31.2 Å². The zero-order valence-electron chi connectivity index (χ0n) is 14.4. The Morgan fingerprint density at radius 2 is 2.21 bits per heavy atom. The molecular weight excluding hydrogens is 304 g/mol. The first-order chi connectivity index (χ1) is 11.5. The van der Waals surface area contributed by atoms with Crippen LogP contribution >= 0.6 is 0 Å². The molecule has 1 saturated heterocycles. The molecule has 1 atom stereocenters. The highest BCUT2D eigenvalue weighted by Crippen LogP contribution is 2.15. The number of carbonyl (C=O) groups is 1. The molecule has 1 amide bonds. The number of carbonyl (C=O) groups excluding carboxylic acids is 1. The monoisotopic (exact) mass is 328 g/mol. The molecule has 0 unspecified atom stereocenters. The molecule has 3 rings (SSSR count). The van der Waals surface area contributed by atoms with Crippen LogP contribution in [0.2, 0.25) is 0 Å². The van der Waals surface area contributed by atoms with Crippen molar-refractivity contribution < 1.29 is 4.79 Å². The first kappa shape index (κ1) is 16.6. The van der Waals surface area contributed by atoms with E-state index in [1.165, 1.54) is 0 Å². The number of piperidine rings is 1. The molecule has 2 aromatic rings. The molecule has 0 radical (unpaired) electrons. The lowest BCUT2D eigenvalue weighted by atomic mass is 10.0. The average Bonchev–Trinajstić information content (AvgIpc) is 3.01. The summed E-state index contributed by atoms with van der Waals surface area (Å²) in [5.41, 5.74) is 1.42. The fourth-order valence-electron chi connectivity index (χ4n) is 3.11. The normalized spacial score (nSPS) is 18.8. The number of aromatic nitrogens is 4. The number of hydrogen-bond donors (Lipinski definition) is 1. The van der Waals surface area contributed by atoms with Crippen molar-refractivity contribution in [2.45, 2.75) is 45.7 Å². The number of rotatable bonds is 4. The second kappa shape index (κ2) is 7.09. The van der Waals surface area contributed by atoms with Gasteiger partial charge in [0.05, 0.1) is 5.69 Å². The predicted octanol–water partition coefficient (Wildman–Crippen LogP) is 1.57. The molecule has 1 N–H and O–H groups in total. The van der Waals surface area contributed by atoms with Crippen LogP contribution < -0.4 is 5.32 Å². The summed E-state index contributed by atoms with van der Waals surface area (Å²) in [6, 6.07) is 8.10. The summed E-state index contributed by atoms with van der Waals surface area (Å²) >= 11 is 0. The minimum absolute atomic E-state index is 0.0433. The van der Waals surface area contributed by atoms with Crippen LogP contribution in [0.4, 0.5) is 0 Å². The molecule has 1 aliphatic heterocycles. The molecule has 1 fully saturated rings. The van der Waals surface area contributed by atoms with Crippen LogP contribution in [0.5, 0.6) is 0 Å². The molecule has 0 aliphatic carbocycles. The van der Waals surface area contributed by atoms with E-state index in [0.717, 1.165) is 31.6 Å². The van der Waals surface area contributed by atoms with Gasteiger partial charge in [-0.15, -0.1) is 5.10 Å². The summed E-state index contributed by atoms with van der Waals surface area (Å²) < 4.78 is 1.62. The molecule has 24 heavy (non-hydrogen) atoms. The van der Waals surface area contributed by atoms with E-state index in [4.69, 9.17) is 0 Å². The second-order valence-electron chi connectivity index (χ2n) is 6.59. The van der Waals surface area contributed by atoms with Crippen LogP contribution in [0.1, 0.15) is 42.9 Å². The smallest absolute Gasteiger partial charge is 0.251 e. The van der Waals surface area contributed by atoms with Gasteiger partial charge in [0, 0.05) is 24.2 Å². The first-order valence-corrected chi connectivity index (χ1v) is 8.45. The van der Waals surface area contributed by atoms with Gasteiger partial charge in [-0.2, -0.15) is 4.68 Å². The zero-order valence-corrected chi connectivity index (χ0v) is 14.4. The Labute approximate surface area is 142 Å². The van der Waals surface area contributed by atoms with Gasteiger partial charge in [0.25, 0.3) is 5.91 Å². The van der Waals surface area contributed by atoms with Crippen molar-refractivity contribution in [1.29, 1.82) is 0 Å². The Balaban J connectivity index is 1.70. The maximum absolute atomic E-state index is 12.6. The first-order valence-electron chi connectivity index (χ1n) is 8.45. The van der Waals surface area contributed by atoms with E-state index in [1.54, 1.807) is 4.68 Å². The summed E-state index contributed by atoms with van der Waals surface area (Å²) in [5.74, 6) is 0.644. The summed E-state index contributed by atoms with van der Waals surface area (Å²) in [5, 5.41) is 14.6. The highest BCUT2D eigenvalue weighted by molar-refractivity contribution is 5.94. The molecule has 0 spiro atoms. The molecule has 0 bridgehead atoms. The number of benzene rings is 1. The number of nitrogens with one attached hydrogen (secondary N) is 1. The highest BCUT2D eigenvalue weighted by atomic mass is 16.1. The fourth-order valence-corrected chi connectivity index (χ4v) is 3.11. The van der Waals surface area contributed by atoms with Crippen molar-refractivity contribution in [1.82, 2.24) is 30.4 Å². The zero-order chi connectivity index (χ0) is 17.1. The lowest BCUT2D eigenvalue weighted by Gasteiger charge is -2.35. The van der Waals surface area contributed by atoms with Crippen molar-refractivity contribution in [2.24, 2.45) is 0 Å². The Morgan fingerprint density at radius 1 is 1.38 bits per heavy atom. The number of likely N-dealkylation sites (tertiary alicyclic amines) is 1. The van der Waals surface area contributed by atoms with Crippen LogP contribution in [0.15, 0.2) is 24.3 Å². The van der Waals surface area contributed by atoms with Crippen LogP contribution in [0.25, 0.3) is 5.69 Å². The lowest BCUT2D eigenvalue weighted by Crippen LogP contribution is -2.49. The number of aryl methyl sites for hydroxylation is 1. The van der Waals surface area contributed by atoms with Gasteiger partial charge >= 0.3 is 0 Å². The van der Waals surface area contributed by atoms with E-state index in [2.05, 4.69) is 39.6 Å². The molecule has 2 heterocycles. The highest BCUT2D eigenvalue weighted by Gasteiger charge is 2.23. The SMILES string of the molecule is Cc1nnnn1-c1cccc(C(=O)N[C@@H]2CCCN(C(C)C)C2)c1. The van der Waals surface area contributed by atoms with Gasteiger partial charge < -0.3 is 5.32 Å². The van der Waals surface area contributed by atoms with Crippen molar-refractivity contribution in [3.63, 3.8) is 0 Å².